The molecule has 0 aliphatic rings. The standard InChI is InChI=1S/C11H21N3O/c1-4-11-10(8-13(3)12-11)9-14(5-2)6-7-15/h8,15H,4-7,9H2,1-3H3. The lowest BCUT2D eigenvalue weighted by molar-refractivity contribution is 0.196. The van der Waals surface area contributed by atoms with Crippen LogP contribution in [-0.2, 0) is 20.0 Å². The smallest absolute Gasteiger partial charge is 0.0666 e. The Balaban J connectivity index is 2.68. The van der Waals surface area contributed by atoms with E-state index in [1.54, 1.807) is 0 Å². The highest BCUT2D eigenvalue weighted by atomic mass is 16.3. The molecule has 1 aromatic heterocycles. The predicted molar refractivity (Wildman–Crippen MR) is 60.6 cm³/mol. The Morgan fingerprint density at radius 1 is 1.47 bits per heavy atom. The quantitative estimate of drug-likeness (QED) is 0.756. The van der Waals surface area contributed by atoms with Crippen molar-refractivity contribution in [3.8, 4) is 0 Å². The Morgan fingerprint density at radius 3 is 2.73 bits per heavy atom. The maximum Gasteiger partial charge on any atom is 0.0666 e. The van der Waals surface area contributed by atoms with Crippen molar-refractivity contribution in [2.75, 3.05) is 19.7 Å². The molecule has 0 fully saturated rings. The molecule has 0 spiro atoms. The number of aromatic nitrogens is 2. The Morgan fingerprint density at radius 2 is 2.20 bits per heavy atom. The zero-order chi connectivity index (χ0) is 11.3. The molecule has 0 atom stereocenters. The molecule has 15 heavy (non-hydrogen) atoms. The van der Waals surface area contributed by atoms with Crippen molar-refractivity contribution in [2.24, 2.45) is 7.05 Å². The Hall–Kier alpha value is -0.870. The van der Waals surface area contributed by atoms with Crippen molar-refractivity contribution in [2.45, 2.75) is 26.8 Å². The summed E-state index contributed by atoms with van der Waals surface area (Å²) in [5, 5.41) is 13.3. The third-order valence-corrected chi connectivity index (χ3v) is 2.58. The fourth-order valence-corrected chi connectivity index (χ4v) is 1.74. The number of rotatable bonds is 6. The van der Waals surface area contributed by atoms with Crippen LogP contribution in [0.4, 0.5) is 0 Å². The second-order valence-electron chi connectivity index (χ2n) is 3.72. The summed E-state index contributed by atoms with van der Waals surface area (Å²) in [5.41, 5.74) is 2.43. The molecule has 0 saturated heterocycles. The van der Waals surface area contributed by atoms with Crippen LogP contribution in [0.15, 0.2) is 6.20 Å². The molecule has 0 amide bonds. The van der Waals surface area contributed by atoms with Gasteiger partial charge in [-0.2, -0.15) is 5.10 Å². The summed E-state index contributed by atoms with van der Waals surface area (Å²) in [4.78, 5) is 2.22. The van der Waals surface area contributed by atoms with Crippen molar-refractivity contribution in [1.82, 2.24) is 14.7 Å². The van der Waals surface area contributed by atoms with Crippen LogP contribution in [0.5, 0.6) is 0 Å². The average molecular weight is 211 g/mol. The van der Waals surface area contributed by atoms with Crippen LogP contribution in [0.25, 0.3) is 0 Å². The van der Waals surface area contributed by atoms with Crippen LogP contribution in [0.3, 0.4) is 0 Å². The van der Waals surface area contributed by atoms with Crippen molar-refractivity contribution >= 4 is 0 Å². The van der Waals surface area contributed by atoms with E-state index in [-0.39, 0.29) is 6.61 Å². The largest absolute Gasteiger partial charge is 0.395 e. The van der Waals surface area contributed by atoms with E-state index in [2.05, 4.69) is 30.0 Å². The molecule has 0 aromatic carbocycles. The van der Waals surface area contributed by atoms with E-state index in [0.29, 0.717) is 0 Å². The van der Waals surface area contributed by atoms with E-state index >= 15 is 0 Å². The summed E-state index contributed by atoms with van der Waals surface area (Å²) in [7, 11) is 1.95. The highest BCUT2D eigenvalue weighted by Crippen LogP contribution is 2.10. The predicted octanol–water partition coefficient (Wildman–Crippen LogP) is 0.797. The first-order chi connectivity index (χ1) is 7.21. The summed E-state index contributed by atoms with van der Waals surface area (Å²) in [5.74, 6) is 0. The summed E-state index contributed by atoms with van der Waals surface area (Å²) < 4.78 is 1.86. The molecule has 1 aromatic rings. The third kappa shape index (κ3) is 3.32. The Bertz CT molecular complexity index is 296. The zero-order valence-electron chi connectivity index (χ0n) is 9.90. The van der Waals surface area contributed by atoms with Gasteiger partial charge >= 0.3 is 0 Å². The van der Waals surface area contributed by atoms with Crippen molar-refractivity contribution in [3.05, 3.63) is 17.5 Å². The first-order valence-electron chi connectivity index (χ1n) is 5.55. The molecule has 0 radical (unpaired) electrons. The SMILES string of the molecule is CCc1nn(C)cc1CN(CC)CCO. The van der Waals surface area contributed by atoms with Gasteiger partial charge in [-0.15, -0.1) is 0 Å². The van der Waals surface area contributed by atoms with Crippen LogP contribution in [0.1, 0.15) is 25.1 Å². The van der Waals surface area contributed by atoms with E-state index in [4.69, 9.17) is 5.11 Å². The molecule has 0 bridgehead atoms. The van der Waals surface area contributed by atoms with Crippen LogP contribution in [0, 0.1) is 0 Å². The number of nitrogens with zero attached hydrogens (tertiary/aromatic N) is 3. The normalized spacial score (nSPS) is 11.3. The molecule has 0 saturated carbocycles. The van der Waals surface area contributed by atoms with Crippen LogP contribution < -0.4 is 0 Å². The third-order valence-electron chi connectivity index (χ3n) is 2.58. The number of aryl methyl sites for hydroxylation is 2. The van der Waals surface area contributed by atoms with Gasteiger partial charge < -0.3 is 5.11 Å². The zero-order valence-corrected chi connectivity index (χ0v) is 9.90. The average Bonchev–Trinajstić information content (AvgIpc) is 2.58. The maximum absolute atomic E-state index is 8.92. The minimum Gasteiger partial charge on any atom is -0.395 e. The first-order valence-corrected chi connectivity index (χ1v) is 5.55. The summed E-state index contributed by atoms with van der Waals surface area (Å²) in [6.45, 7) is 7.02. The maximum atomic E-state index is 8.92. The molecule has 4 heteroatoms. The molecule has 0 aliphatic carbocycles. The monoisotopic (exact) mass is 211 g/mol. The number of hydrogen-bond donors (Lipinski definition) is 1. The lowest BCUT2D eigenvalue weighted by Crippen LogP contribution is -2.26. The molecular weight excluding hydrogens is 190 g/mol. The molecule has 0 unspecified atom stereocenters. The Kier molecular flexibility index (Phi) is 4.78. The van der Waals surface area contributed by atoms with Crippen LogP contribution in [0.2, 0.25) is 0 Å². The van der Waals surface area contributed by atoms with E-state index in [1.165, 1.54) is 5.56 Å². The lowest BCUT2D eigenvalue weighted by Gasteiger charge is -2.18. The number of aliphatic hydroxyl groups excluding tert-OH is 1. The highest BCUT2D eigenvalue weighted by Gasteiger charge is 2.09. The minimum absolute atomic E-state index is 0.218. The van der Waals surface area contributed by atoms with Gasteiger partial charge in [0.25, 0.3) is 0 Å². The second-order valence-corrected chi connectivity index (χ2v) is 3.72. The van der Waals surface area contributed by atoms with Gasteiger partial charge in [-0.25, -0.2) is 0 Å². The van der Waals surface area contributed by atoms with Gasteiger partial charge in [0.2, 0.25) is 0 Å². The molecule has 1 rings (SSSR count). The summed E-state index contributed by atoms with van der Waals surface area (Å²) in [6, 6.07) is 0. The van der Waals surface area contributed by atoms with Crippen LogP contribution in [-0.4, -0.2) is 39.5 Å². The van der Waals surface area contributed by atoms with E-state index < -0.39 is 0 Å². The van der Waals surface area contributed by atoms with Crippen LogP contribution >= 0.6 is 0 Å². The van der Waals surface area contributed by atoms with Gasteiger partial charge in [0.05, 0.1) is 12.3 Å². The van der Waals surface area contributed by atoms with Gasteiger partial charge in [-0.1, -0.05) is 13.8 Å². The lowest BCUT2D eigenvalue weighted by atomic mass is 10.2. The Labute approximate surface area is 91.5 Å². The van der Waals surface area contributed by atoms with E-state index in [9.17, 15) is 0 Å². The molecule has 4 nitrogen and oxygen atoms in total. The number of hydrogen-bond acceptors (Lipinski definition) is 3. The molecule has 0 aliphatic heterocycles. The van der Waals surface area contributed by atoms with Gasteiger partial charge in [0, 0.05) is 31.9 Å². The van der Waals surface area contributed by atoms with Crippen molar-refractivity contribution < 1.29 is 5.11 Å². The molecule has 1 heterocycles. The topological polar surface area (TPSA) is 41.3 Å². The van der Waals surface area contributed by atoms with Crippen molar-refractivity contribution in [1.29, 1.82) is 0 Å². The number of aliphatic hydroxyl groups is 1. The summed E-state index contributed by atoms with van der Waals surface area (Å²) >= 11 is 0. The highest BCUT2D eigenvalue weighted by molar-refractivity contribution is 5.16. The fourth-order valence-electron chi connectivity index (χ4n) is 1.74. The fraction of sp³-hybridized carbons (Fsp3) is 0.727. The molecule has 86 valence electrons. The first kappa shape index (κ1) is 12.2. The summed E-state index contributed by atoms with van der Waals surface area (Å²) in [6.07, 6.45) is 3.03. The van der Waals surface area contributed by atoms with Gasteiger partial charge in [-0.3, -0.25) is 9.58 Å². The van der Waals surface area contributed by atoms with Gasteiger partial charge in [0.15, 0.2) is 0 Å². The van der Waals surface area contributed by atoms with Crippen molar-refractivity contribution in [3.63, 3.8) is 0 Å². The second kappa shape index (κ2) is 5.88. The minimum atomic E-state index is 0.218. The van der Waals surface area contributed by atoms with E-state index in [1.807, 2.05) is 11.7 Å². The van der Waals surface area contributed by atoms with Gasteiger partial charge in [-0.05, 0) is 13.0 Å². The van der Waals surface area contributed by atoms with Gasteiger partial charge in [0.1, 0.15) is 0 Å². The number of likely N-dealkylation sites (N-methyl/N-ethyl adjacent to an activating group) is 1. The molecular formula is C11H21N3O. The molecule has 1 N–H and O–H groups in total. The van der Waals surface area contributed by atoms with E-state index in [0.717, 1.165) is 31.7 Å².